The van der Waals surface area contributed by atoms with Gasteiger partial charge in [0.25, 0.3) is 0 Å². The molecule has 0 aliphatic rings. The molecular weight excluding hydrogens is 244 g/mol. The van der Waals surface area contributed by atoms with Crippen molar-refractivity contribution in [1.29, 1.82) is 5.26 Å². The maximum atomic E-state index is 9.05. The van der Waals surface area contributed by atoms with Gasteiger partial charge in [0.15, 0.2) is 0 Å². The second-order valence-corrected chi connectivity index (χ2v) is 4.97. The molecule has 0 aliphatic carbocycles. The molecule has 0 unspecified atom stereocenters. The minimum Gasteiger partial charge on any atom is -0.343 e. The smallest absolute Gasteiger partial charge is 0.0991 e. The number of benzene rings is 2. The zero-order valence-electron chi connectivity index (χ0n) is 11.5. The van der Waals surface area contributed by atoms with Crippen LogP contribution in [-0.4, -0.2) is 4.57 Å². The molecule has 0 N–H and O–H groups in total. The Morgan fingerprint density at radius 1 is 1.10 bits per heavy atom. The van der Waals surface area contributed by atoms with Gasteiger partial charge in [-0.15, -0.1) is 0 Å². The van der Waals surface area contributed by atoms with Crippen molar-refractivity contribution in [3.63, 3.8) is 0 Å². The Labute approximate surface area is 118 Å². The Balaban J connectivity index is 2.10. The average Bonchev–Trinajstić information content (AvgIpc) is 2.85. The lowest BCUT2D eigenvalue weighted by atomic mass is 10.1. The van der Waals surface area contributed by atoms with Crippen molar-refractivity contribution in [1.82, 2.24) is 4.57 Å². The van der Waals surface area contributed by atoms with Crippen molar-refractivity contribution in [2.45, 2.75) is 19.9 Å². The molecule has 20 heavy (non-hydrogen) atoms. The van der Waals surface area contributed by atoms with Gasteiger partial charge < -0.3 is 4.57 Å². The molecule has 0 radical (unpaired) electrons. The van der Waals surface area contributed by atoms with Crippen LogP contribution in [0.1, 0.15) is 23.6 Å². The van der Waals surface area contributed by atoms with E-state index in [1.54, 1.807) is 0 Å². The molecule has 0 spiro atoms. The van der Waals surface area contributed by atoms with Gasteiger partial charge in [0.2, 0.25) is 0 Å². The zero-order valence-corrected chi connectivity index (χ0v) is 11.5. The van der Waals surface area contributed by atoms with Crippen LogP contribution in [0.25, 0.3) is 10.9 Å². The van der Waals surface area contributed by atoms with Gasteiger partial charge >= 0.3 is 0 Å². The summed E-state index contributed by atoms with van der Waals surface area (Å²) in [6.45, 7) is 3.02. The number of aromatic nitrogens is 1. The first kappa shape index (κ1) is 12.5. The van der Waals surface area contributed by atoms with Crippen LogP contribution in [0.4, 0.5) is 0 Å². The SMILES string of the molecule is CCc1cn(Cc2ccccc2)c2ccc(C#N)cc12. The summed E-state index contributed by atoms with van der Waals surface area (Å²) in [4.78, 5) is 0. The van der Waals surface area contributed by atoms with Crippen LogP contribution in [0.2, 0.25) is 0 Å². The number of nitriles is 1. The molecule has 2 aromatic carbocycles. The van der Waals surface area contributed by atoms with Gasteiger partial charge in [0.1, 0.15) is 0 Å². The molecular formula is C18H16N2. The van der Waals surface area contributed by atoms with Crippen LogP contribution in [0.3, 0.4) is 0 Å². The van der Waals surface area contributed by atoms with Gasteiger partial charge in [-0.25, -0.2) is 0 Å². The normalized spacial score (nSPS) is 10.6. The molecule has 0 aliphatic heterocycles. The van der Waals surface area contributed by atoms with Crippen LogP contribution in [0, 0.1) is 11.3 Å². The third kappa shape index (κ3) is 2.19. The van der Waals surface area contributed by atoms with Gasteiger partial charge in [-0.05, 0) is 35.7 Å². The summed E-state index contributed by atoms with van der Waals surface area (Å²) in [5.74, 6) is 0. The maximum Gasteiger partial charge on any atom is 0.0991 e. The minimum atomic E-state index is 0.727. The largest absolute Gasteiger partial charge is 0.343 e. The fourth-order valence-electron chi connectivity index (χ4n) is 2.63. The predicted molar refractivity (Wildman–Crippen MR) is 81.6 cm³/mol. The van der Waals surface area contributed by atoms with E-state index in [2.05, 4.69) is 54.1 Å². The molecule has 0 amide bonds. The van der Waals surface area contributed by atoms with E-state index in [0.717, 1.165) is 18.5 Å². The van der Waals surface area contributed by atoms with E-state index in [9.17, 15) is 0 Å². The lowest BCUT2D eigenvalue weighted by Crippen LogP contribution is -1.97. The number of aryl methyl sites for hydroxylation is 1. The molecule has 98 valence electrons. The molecule has 0 fully saturated rings. The molecule has 1 aromatic heterocycles. The lowest BCUT2D eigenvalue weighted by Gasteiger charge is -2.05. The Morgan fingerprint density at radius 3 is 2.60 bits per heavy atom. The summed E-state index contributed by atoms with van der Waals surface area (Å²) in [6.07, 6.45) is 3.19. The Morgan fingerprint density at radius 2 is 1.90 bits per heavy atom. The van der Waals surface area contributed by atoms with E-state index >= 15 is 0 Å². The molecule has 0 saturated heterocycles. The molecule has 3 rings (SSSR count). The van der Waals surface area contributed by atoms with Crippen molar-refractivity contribution >= 4 is 10.9 Å². The minimum absolute atomic E-state index is 0.727. The first-order chi connectivity index (χ1) is 9.81. The number of hydrogen-bond acceptors (Lipinski definition) is 1. The summed E-state index contributed by atoms with van der Waals surface area (Å²) >= 11 is 0. The van der Waals surface area contributed by atoms with Crippen molar-refractivity contribution < 1.29 is 0 Å². The molecule has 3 aromatic rings. The second-order valence-electron chi connectivity index (χ2n) is 4.97. The molecule has 2 heteroatoms. The highest BCUT2D eigenvalue weighted by molar-refractivity contribution is 5.85. The van der Waals surface area contributed by atoms with E-state index in [-0.39, 0.29) is 0 Å². The highest BCUT2D eigenvalue weighted by Gasteiger charge is 2.08. The van der Waals surface area contributed by atoms with E-state index in [1.165, 1.54) is 22.0 Å². The van der Waals surface area contributed by atoms with E-state index < -0.39 is 0 Å². The lowest BCUT2D eigenvalue weighted by molar-refractivity contribution is 0.831. The Hall–Kier alpha value is -2.53. The highest BCUT2D eigenvalue weighted by atomic mass is 15.0. The first-order valence-electron chi connectivity index (χ1n) is 6.87. The Kier molecular flexibility index (Phi) is 3.26. The van der Waals surface area contributed by atoms with Gasteiger partial charge in [-0.2, -0.15) is 5.26 Å². The van der Waals surface area contributed by atoms with Crippen molar-refractivity contribution in [2.24, 2.45) is 0 Å². The number of fused-ring (bicyclic) bond motifs is 1. The maximum absolute atomic E-state index is 9.05. The van der Waals surface area contributed by atoms with E-state index in [1.807, 2.05) is 18.2 Å². The zero-order chi connectivity index (χ0) is 13.9. The molecule has 2 nitrogen and oxygen atoms in total. The third-order valence-corrected chi connectivity index (χ3v) is 3.67. The summed E-state index contributed by atoms with van der Waals surface area (Å²) in [5.41, 5.74) is 4.51. The number of nitrogens with zero attached hydrogens (tertiary/aromatic N) is 2. The third-order valence-electron chi connectivity index (χ3n) is 3.67. The Bertz CT molecular complexity index is 776. The van der Waals surface area contributed by atoms with Gasteiger partial charge in [-0.1, -0.05) is 37.3 Å². The molecule has 0 atom stereocenters. The van der Waals surface area contributed by atoms with E-state index in [0.29, 0.717) is 0 Å². The van der Waals surface area contributed by atoms with Crippen LogP contribution < -0.4 is 0 Å². The summed E-state index contributed by atoms with van der Waals surface area (Å²) < 4.78 is 2.27. The van der Waals surface area contributed by atoms with Crippen molar-refractivity contribution in [2.75, 3.05) is 0 Å². The van der Waals surface area contributed by atoms with Gasteiger partial charge in [0, 0.05) is 23.6 Å². The van der Waals surface area contributed by atoms with Crippen LogP contribution in [0.5, 0.6) is 0 Å². The van der Waals surface area contributed by atoms with E-state index in [4.69, 9.17) is 5.26 Å². The van der Waals surface area contributed by atoms with Gasteiger partial charge in [0.05, 0.1) is 11.6 Å². The molecule has 0 bridgehead atoms. The predicted octanol–water partition coefficient (Wildman–Crippen LogP) is 4.12. The molecule has 0 saturated carbocycles. The number of rotatable bonds is 3. The highest BCUT2D eigenvalue weighted by Crippen LogP contribution is 2.24. The monoisotopic (exact) mass is 260 g/mol. The summed E-state index contributed by atoms with van der Waals surface area (Å²) in [5, 5.41) is 10.2. The topological polar surface area (TPSA) is 28.7 Å². The summed E-state index contributed by atoms with van der Waals surface area (Å²) in [6, 6.07) is 18.6. The van der Waals surface area contributed by atoms with Crippen molar-refractivity contribution in [3.8, 4) is 6.07 Å². The molecule has 1 heterocycles. The average molecular weight is 260 g/mol. The second kappa shape index (κ2) is 5.22. The quantitative estimate of drug-likeness (QED) is 0.696. The standard InChI is InChI=1S/C18H16N2/c1-2-16-13-20(12-14-6-4-3-5-7-14)18-9-8-15(11-19)10-17(16)18/h3-10,13H,2,12H2,1H3. The van der Waals surface area contributed by atoms with Crippen LogP contribution >= 0.6 is 0 Å². The van der Waals surface area contributed by atoms with Crippen molar-refractivity contribution in [3.05, 3.63) is 71.4 Å². The first-order valence-corrected chi connectivity index (χ1v) is 6.87. The van der Waals surface area contributed by atoms with Crippen LogP contribution in [-0.2, 0) is 13.0 Å². The summed E-state index contributed by atoms with van der Waals surface area (Å²) in [7, 11) is 0. The fourth-order valence-corrected chi connectivity index (χ4v) is 2.63. The van der Waals surface area contributed by atoms with Crippen LogP contribution in [0.15, 0.2) is 54.7 Å². The number of hydrogen-bond donors (Lipinski definition) is 0. The fraction of sp³-hybridized carbons (Fsp3) is 0.167. The van der Waals surface area contributed by atoms with Gasteiger partial charge in [-0.3, -0.25) is 0 Å².